The van der Waals surface area contributed by atoms with E-state index in [1.54, 1.807) is 6.08 Å². The van der Waals surface area contributed by atoms with Crippen molar-refractivity contribution in [1.82, 2.24) is 0 Å². The van der Waals surface area contributed by atoms with E-state index in [1.165, 1.54) is 23.1 Å². The third kappa shape index (κ3) is 3.77. The fourth-order valence-electron chi connectivity index (χ4n) is 4.15. The molecular weight excluding hydrogens is 405 g/mol. The van der Waals surface area contributed by atoms with Gasteiger partial charge in [0.2, 0.25) is 5.91 Å². The topological polar surface area (TPSA) is 46.6 Å². The van der Waals surface area contributed by atoms with Crippen LogP contribution >= 0.6 is 11.6 Å². The monoisotopic (exact) mass is 425 g/mol. The number of amides is 1. The summed E-state index contributed by atoms with van der Waals surface area (Å²) in [5, 5.41) is -0.0539. The molecule has 0 fully saturated rings. The first-order valence-corrected chi connectivity index (χ1v) is 10.2. The van der Waals surface area contributed by atoms with Crippen molar-refractivity contribution in [3.8, 4) is 5.75 Å². The van der Waals surface area contributed by atoms with Crippen LogP contribution in [0.5, 0.6) is 5.75 Å². The number of hydrogen-bond donors (Lipinski definition) is 0. The Morgan fingerprint density at radius 1 is 1.17 bits per heavy atom. The number of carbonyl (C=O) groups is 2. The summed E-state index contributed by atoms with van der Waals surface area (Å²) >= 11 is 5.95. The summed E-state index contributed by atoms with van der Waals surface area (Å²) in [6, 6.07) is 11.7. The predicted octanol–water partition coefficient (Wildman–Crippen LogP) is 5.57. The van der Waals surface area contributed by atoms with Gasteiger partial charge in [0.25, 0.3) is 0 Å². The van der Waals surface area contributed by atoms with E-state index in [2.05, 4.69) is 6.58 Å². The van der Waals surface area contributed by atoms with E-state index in [-0.39, 0.29) is 29.1 Å². The molecule has 0 aromatic heterocycles. The summed E-state index contributed by atoms with van der Waals surface area (Å²) in [6.45, 7) is 4.04. The number of anilines is 1. The Balaban J connectivity index is 1.75. The Hall–Kier alpha value is -2.92. The van der Waals surface area contributed by atoms with Crippen molar-refractivity contribution < 1.29 is 18.7 Å². The molecule has 1 aliphatic heterocycles. The molecule has 1 unspecified atom stereocenters. The Labute approximate surface area is 179 Å². The van der Waals surface area contributed by atoms with Crippen molar-refractivity contribution in [2.24, 2.45) is 0 Å². The number of nitrogens with zero attached hydrogens (tertiary/aromatic N) is 1. The zero-order valence-corrected chi connectivity index (χ0v) is 17.1. The van der Waals surface area contributed by atoms with Crippen molar-refractivity contribution in [2.45, 2.75) is 31.6 Å². The van der Waals surface area contributed by atoms with Gasteiger partial charge in [-0.1, -0.05) is 36.4 Å². The van der Waals surface area contributed by atoms with E-state index in [1.807, 2.05) is 24.3 Å². The highest BCUT2D eigenvalue weighted by Crippen LogP contribution is 2.44. The normalized spacial score (nSPS) is 19.0. The molecule has 1 atom stereocenters. The number of carbonyl (C=O) groups excluding carboxylic acids is 2. The molecule has 2 aliphatic rings. The lowest BCUT2D eigenvalue weighted by Gasteiger charge is -2.38. The Bertz CT molecular complexity index is 1040. The average molecular weight is 426 g/mol. The lowest BCUT2D eigenvalue weighted by atomic mass is 9.77. The van der Waals surface area contributed by atoms with Gasteiger partial charge in [0.1, 0.15) is 18.2 Å². The van der Waals surface area contributed by atoms with Gasteiger partial charge >= 0.3 is 0 Å². The van der Waals surface area contributed by atoms with Gasteiger partial charge in [0.05, 0.1) is 10.7 Å². The van der Waals surface area contributed by atoms with Gasteiger partial charge in [-0.2, -0.15) is 0 Å². The van der Waals surface area contributed by atoms with E-state index in [0.29, 0.717) is 48.6 Å². The van der Waals surface area contributed by atoms with Gasteiger partial charge in [-0.3, -0.25) is 14.5 Å². The lowest BCUT2D eigenvalue weighted by molar-refractivity contribution is -0.119. The molecule has 1 amide bonds. The van der Waals surface area contributed by atoms with Crippen LogP contribution in [0.2, 0.25) is 5.02 Å². The summed E-state index contributed by atoms with van der Waals surface area (Å²) in [4.78, 5) is 27.6. The average Bonchev–Trinajstić information content (AvgIpc) is 2.74. The fraction of sp³-hybridized carbons (Fsp3) is 0.250. The van der Waals surface area contributed by atoms with Crippen LogP contribution in [-0.4, -0.2) is 18.3 Å². The molecule has 1 heterocycles. The van der Waals surface area contributed by atoms with Crippen molar-refractivity contribution in [1.29, 1.82) is 0 Å². The van der Waals surface area contributed by atoms with Gasteiger partial charge in [-0.05, 0) is 48.7 Å². The number of rotatable bonds is 5. The third-order valence-corrected chi connectivity index (χ3v) is 5.78. The van der Waals surface area contributed by atoms with Crippen LogP contribution in [0.3, 0.4) is 0 Å². The second kappa shape index (κ2) is 8.44. The predicted molar refractivity (Wildman–Crippen MR) is 114 cm³/mol. The van der Waals surface area contributed by atoms with E-state index in [0.717, 1.165) is 5.56 Å². The first kappa shape index (κ1) is 20.4. The molecule has 154 valence electrons. The Morgan fingerprint density at radius 3 is 2.63 bits per heavy atom. The van der Waals surface area contributed by atoms with Gasteiger partial charge in [-0.15, -0.1) is 0 Å². The number of Topliss-reactive ketones (excluding diaryl/α,β-unsaturated/α-hetero) is 1. The highest BCUT2D eigenvalue weighted by Gasteiger charge is 2.39. The molecule has 6 heteroatoms. The molecule has 30 heavy (non-hydrogen) atoms. The molecule has 4 rings (SSSR count). The maximum absolute atomic E-state index is 13.6. The van der Waals surface area contributed by atoms with E-state index in [9.17, 15) is 14.0 Å². The molecule has 0 N–H and O–H groups in total. The van der Waals surface area contributed by atoms with Crippen molar-refractivity contribution >= 4 is 29.0 Å². The third-order valence-electron chi connectivity index (χ3n) is 5.49. The summed E-state index contributed by atoms with van der Waals surface area (Å²) in [5.41, 5.74) is 2.75. The standard InChI is InChI=1S/C24H21ClFNO3/c1-2-12-30-17-9-6-15(7-10-17)18-14-23(29)27(16-8-11-20(26)19(25)13-16)21-4-3-5-22(28)24(18)21/h2,6-11,13,18H,1,3-5,12,14H2. The van der Waals surface area contributed by atoms with Crippen LogP contribution in [-0.2, 0) is 9.59 Å². The van der Waals surface area contributed by atoms with Crippen LogP contribution in [0.25, 0.3) is 0 Å². The number of ether oxygens (including phenoxy) is 1. The number of allylic oxidation sites excluding steroid dienone is 2. The molecule has 0 saturated carbocycles. The second-order valence-corrected chi connectivity index (χ2v) is 7.80. The van der Waals surface area contributed by atoms with Crippen LogP contribution in [0.1, 0.15) is 37.2 Å². The van der Waals surface area contributed by atoms with E-state index < -0.39 is 5.82 Å². The summed E-state index contributed by atoms with van der Waals surface area (Å²) in [7, 11) is 0. The minimum Gasteiger partial charge on any atom is -0.490 e. The summed E-state index contributed by atoms with van der Waals surface area (Å²) in [6.07, 6.45) is 3.58. The maximum atomic E-state index is 13.6. The largest absolute Gasteiger partial charge is 0.490 e. The van der Waals surface area contributed by atoms with Gasteiger partial charge < -0.3 is 4.74 Å². The number of ketones is 1. The van der Waals surface area contributed by atoms with Gasteiger partial charge in [0, 0.05) is 30.0 Å². The number of hydrogen-bond acceptors (Lipinski definition) is 3. The quantitative estimate of drug-likeness (QED) is 0.588. The van der Waals surface area contributed by atoms with Gasteiger partial charge in [0.15, 0.2) is 5.78 Å². The Morgan fingerprint density at radius 2 is 1.93 bits per heavy atom. The van der Waals surface area contributed by atoms with Crippen molar-refractivity contribution in [3.63, 3.8) is 0 Å². The van der Waals surface area contributed by atoms with Crippen LogP contribution < -0.4 is 9.64 Å². The first-order valence-electron chi connectivity index (χ1n) is 9.87. The minimum absolute atomic E-state index is 0.0539. The fourth-order valence-corrected chi connectivity index (χ4v) is 4.33. The molecule has 1 aliphatic carbocycles. The smallest absolute Gasteiger partial charge is 0.232 e. The molecule has 0 bridgehead atoms. The number of halogens is 2. The van der Waals surface area contributed by atoms with Crippen LogP contribution in [0, 0.1) is 5.82 Å². The maximum Gasteiger partial charge on any atom is 0.232 e. The molecule has 0 radical (unpaired) electrons. The molecule has 2 aromatic rings. The van der Waals surface area contributed by atoms with Crippen LogP contribution in [0.15, 0.2) is 66.4 Å². The molecule has 0 spiro atoms. The first-order chi connectivity index (χ1) is 14.5. The van der Waals surface area contributed by atoms with E-state index in [4.69, 9.17) is 16.3 Å². The van der Waals surface area contributed by atoms with Crippen LogP contribution in [0.4, 0.5) is 10.1 Å². The second-order valence-electron chi connectivity index (χ2n) is 7.39. The molecule has 4 nitrogen and oxygen atoms in total. The molecule has 0 saturated heterocycles. The lowest BCUT2D eigenvalue weighted by Crippen LogP contribution is -2.40. The summed E-state index contributed by atoms with van der Waals surface area (Å²) in [5.74, 6) is -0.231. The highest BCUT2D eigenvalue weighted by molar-refractivity contribution is 6.31. The SMILES string of the molecule is C=CCOc1ccc(C2CC(=O)N(c3ccc(F)c(Cl)c3)C3=C2C(=O)CCC3)cc1. The Kier molecular flexibility index (Phi) is 5.73. The van der Waals surface area contributed by atoms with Crippen molar-refractivity contribution in [3.05, 3.63) is 82.8 Å². The van der Waals surface area contributed by atoms with Crippen molar-refractivity contribution in [2.75, 3.05) is 11.5 Å². The molecule has 2 aromatic carbocycles. The number of benzene rings is 2. The van der Waals surface area contributed by atoms with E-state index >= 15 is 0 Å². The zero-order chi connectivity index (χ0) is 21.3. The summed E-state index contributed by atoms with van der Waals surface area (Å²) < 4.78 is 19.2. The minimum atomic E-state index is -0.546. The molecular formula is C24H21ClFNO3. The zero-order valence-electron chi connectivity index (χ0n) is 16.4. The highest BCUT2D eigenvalue weighted by atomic mass is 35.5. The van der Waals surface area contributed by atoms with Gasteiger partial charge in [-0.25, -0.2) is 4.39 Å².